The molecule has 0 unspecified atom stereocenters. The summed E-state index contributed by atoms with van der Waals surface area (Å²) >= 11 is 0. The van der Waals surface area contributed by atoms with Gasteiger partial charge in [0.25, 0.3) is 5.78 Å². The Hall–Kier alpha value is -3.75. The Balaban J connectivity index is 1.69. The highest BCUT2D eigenvalue weighted by atomic mass is 16.5. The number of methoxy groups -OCH3 is 2. The number of fused-ring (bicyclic) bond motifs is 3. The zero-order valence-electron chi connectivity index (χ0n) is 14.0. The van der Waals surface area contributed by atoms with Crippen molar-refractivity contribution in [1.29, 1.82) is 0 Å². The summed E-state index contributed by atoms with van der Waals surface area (Å²) in [6.07, 6.45) is 0. The van der Waals surface area contributed by atoms with Crippen molar-refractivity contribution in [3.05, 3.63) is 42.0 Å². The minimum Gasteiger partial charge on any atom is -0.493 e. The van der Waals surface area contributed by atoms with Gasteiger partial charge in [0.15, 0.2) is 11.5 Å². The summed E-state index contributed by atoms with van der Waals surface area (Å²) in [6, 6.07) is 10.2. The first-order chi connectivity index (χ1) is 12.6. The number of aromatic nitrogens is 4. The Kier molecular flexibility index (Phi) is 3.61. The lowest BCUT2D eigenvalue weighted by molar-refractivity contribution is 0.0697. The number of nitrogens with zero attached hydrogens (tertiary/aromatic N) is 3. The fraction of sp³-hybridized carbons (Fsp3) is 0.118. The molecule has 2 aromatic heterocycles. The smallest absolute Gasteiger partial charge is 0.335 e. The van der Waals surface area contributed by atoms with Gasteiger partial charge in [0.05, 0.1) is 30.8 Å². The molecule has 4 aromatic rings. The van der Waals surface area contributed by atoms with Gasteiger partial charge in [-0.3, -0.25) is 5.10 Å². The third-order valence-electron chi connectivity index (χ3n) is 3.96. The average molecular weight is 353 g/mol. The first kappa shape index (κ1) is 15.8. The van der Waals surface area contributed by atoms with Crippen LogP contribution in [0.4, 0.5) is 11.6 Å². The molecule has 0 aliphatic heterocycles. The van der Waals surface area contributed by atoms with Gasteiger partial charge in [0.2, 0.25) is 5.95 Å². The van der Waals surface area contributed by atoms with Gasteiger partial charge < -0.3 is 19.9 Å². The van der Waals surface area contributed by atoms with Crippen molar-refractivity contribution >= 4 is 34.4 Å². The maximum absolute atomic E-state index is 11.1. The Morgan fingerprint density at radius 2 is 1.92 bits per heavy atom. The molecule has 2 heterocycles. The molecule has 0 saturated carbocycles. The number of hydrogen-bond acceptors (Lipinski definition) is 6. The van der Waals surface area contributed by atoms with Crippen molar-refractivity contribution in [2.45, 2.75) is 0 Å². The van der Waals surface area contributed by atoms with Crippen LogP contribution in [0.15, 0.2) is 36.4 Å². The summed E-state index contributed by atoms with van der Waals surface area (Å²) in [7, 11) is 3.15. The molecule has 3 N–H and O–H groups in total. The Morgan fingerprint density at radius 1 is 1.12 bits per heavy atom. The zero-order chi connectivity index (χ0) is 18.3. The van der Waals surface area contributed by atoms with Gasteiger partial charge in [-0.05, 0) is 30.3 Å². The van der Waals surface area contributed by atoms with Crippen LogP contribution >= 0.6 is 0 Å². The van der Waals surface area contributed by atoms with Crippen molar-refractivity contribution in [3.8, 4) is 11.5 Å². The van der Waals surface area contributed by atoms with Crippen LogP contribution in [-0.2, 0) is 0 Å². The van der Waals surface area contributed by atoms with Gasteiger partial charge in [0.1, 0.15) is 0 Å². The molecule has 0 fully saturated rings. The summed E-state index contributed by atoms with van der Waals surface area (Å²) in [5.41, 5.74) is 2.23. The second-order valence-electron chi connectivity index (χ2n) is 5.52. The highest BCUT2D eigenvalue weighted by Gasteiger charge is 2.13. The van der Waals surface area contributed by atoms with E-state index in [0.717, 1.165) is 11.2 Å². The van der Waals surface area contributed by atoms with Gasteiger partial charge in [-0.2, -0.15) is 4.98 Å². The lowest BCUT2D eigenvalue weighted by Gasteiger charge is -2.09. The first-order valence-electron chi connectivity index (χ1n) is 7.69. The third-order valence-corrected chi connectivity index (χ3v) is 3.96. The number of ether oxygens (including phenoxy) is 2. The maximum Gasteiger partial charge on any atom is 0.335 e. The first-order valence-corrected chi connectivity index (χ1v) is 7.69. The molecule has 0 spiro atoms. The number of carboxylic acid groups (broad SMARTS) is 1. The molecule has 0 saturated heterocycles. The molecule has 26 heavy (non-hydrogen) atoms. The Bertz CT molecular complexity index is 1130. The number of anilines is 2. The van der Waals surface area contributed by atoms with Crippen LogP contribution in [0.3, 0.4) is 0 Å². The lowest BCUT2D eigenvalue weighted by atomic mass is 10.2. The number of carboxylic acids is 1. The second kappa shape index (κ2) is 5.96. The van der Waals surface area contributed by atoms with Crippen LogP contribution in [0, 0.1) is 0 Å². The van der Waals surface area contributed by atoms with E-state index in [1.54, 1.807) is 36.9 Å². The molecule has 0 radical (unpaired) electrons. The van der Waals surface area contributed by atoms with E-state index in [1.807, 2.05) is 6.07 Å². The maximum atomic E-state index is 11.1. The van der Waals surface area contributed by atoms with E-state index in [9.17, 15) is 4.79 Å². The van der Waals surface area contributed by atoms with E-state index < -0.39 is 5.97 Å². The molecule has 0 aliphatic rings. The number of carbonyl (C=O) groups is 1. The number of rotatable bonds is 5. The van der Waals surface area contributed by atoms with Crippen molar-refractivity contribution < 1.29 is 19.4 Å². The third kappa shape index (κ3) is 2.55. The minimum absolute atomic E-state index is 0.182. The van der Waals surface area contributed by atoms with Crippen molar-refractivity contribution in [2.24, 2.45) is 0 Å². The largest absolute Gasteiger partial charge is 0.493 e. The second-order valence-corrected chi connectivity index (χ2v) is 5.52. The standard InChI is InChI=1S/C17H15N5O4/c1-25-13-6-4-10(8-14(13)26-2)18-16-20-17-19-11-7-9(15(23)24)3-5-12(11)22(17)21-16/h3-8H,1-2H3,(H,23,24)(H2,18,19,20,21). The predicted molar refractivity (Wildman–Crippen MR) is 94.6 cm³/mol. The molecule has 0 atom stereocenters. The molecule has 0 aliphatic carbocycles. The number of H-pyrrole nitrogens is 1. The quantitative estimate of drug-likeness (QED) is 0.505. The van der Waals surface area contributed by atoms with Crippen molar-refractivity contribution in [1.82, 2.24) is 19.6 Å². The van der Waals surface area contributed by atoms with Crippen LogP contribution in [0.5, 0.6) is 11.5 Å². The molecule has 132 valence electrons. The summed E-state index contributed by atoms with van der Waals surface area (Å²) in [6.45, 7) is 0. The summed E-state index contributed by atoms with van der Waals surface area (Å²) in [5, 5.41) is 15.3. The molecule has 9 nitrogen and oxygen atoms in total. The van der Waals surface area contributed by atoms with E-state index in [-0.39, 0.29) is 5.56 Å². The number of nitrogens with one attached hydrogen (secondary N) is 2. The molecule has 9 heteroatoms. The van der Waals surface area contributed by atoms with Gasteiger partial charge in [-0.15, -0.1) is 0 Å². The van der Waals surface area contributed by atoms with E-state index in [4.69, 9.17) is 14.6 Å². The summed E-state index contributed by atoms with van der Waals surface area (Å²) < 4.78 is 12.2. The topological polar surface area (TPSA) is 114 Å². The molecule has 0 bridgehead atoms. The monoisotopic (exact) mass is 353 g/mol. The predicted octanol–water partition coefficient (Wildman–Crippen LogP) is 2.67. The van der Waals surface area contributed by atoms with Gasteiger partial charge in [0, 0.05) is 11.8 Å². The number of aromatic carboxylic acids is 1. The summed E-state index contributed by atoms with van der Waals surface area (Å²) in [4.78, 5) is 19.8. The fourth-order valence-electron chi connectivity index (χ4n) is 2.72. The lowest BCUT2D eigenvalue weighted by Crippen LogP contribution is -1.97. The zero-order valence-corrected chi connectivity index (χ0v) is 14.0. The van der Waals surface area contributed by atoms with Crippen LogP contribution in [0.25, 0.3) is 16.8 Å². The van der Waals surface area contributed by atoms with Gasteiger partial charge >= 0.3 is 5.97 Å². The number of aromatic amines is 1. The van der Waals surface area contributed by atoms with Gasteiger partial charge in [-0.25, -0.2) is 14.3 Å². The van der Waals surface area contributed by atoms with Crippen LogP contribution in [0.2, 0.25) is 0 Å². The number of imidazole rings is 1. The van der Waals surface area contributed by atoms with Crippen molar-refractivity contribution in [2.75, 3.05) is 19.5 Å². The fourth-order valence-corrected chi connectivity index (χ4v) is 2.72. The average Bonchev–Trinajstić information content (AvgIpc) is 3.17. The van der Waals surface area contributed by atoms with Crippen molar-refractivity contribution in [3.63, 3.8) is 0 Å². The Labute approximate surface area is 147 Å². The van der Waals surface area contributed by atoms with E-state index >= 15 is 0 Å². The highest BCUT2D eigenvalue weighted by Crippen LogP contribution is 2.30. The highest BCUT2D eigenvalue weighted by molar-refractivity contribution is 5.93. The molecular weight excluding hydrogens is 338 g/mol. The van der Waals surface area contributed by atoms with Crippen LogP contribution in [-0.4, -0.2) is 44.9 Å². The molecular formula is C17H15N5O4. The molecule has 0 amide bonds. The van der Waals surface area contributed by atoms with Crippen LogP contribution in [0.1, 0.15) is 10.4 Å². The van der Waals surface area contributed by atoms with E-state index in [2.05, 4.69) is 20.4 Å². The minimum atomic E-state index is -0.993. The normalized spacial score (nSPS) is 11.0. The number of benzene rings is 2. The SMILES string of the molecule is COc1ccc(Nc2nc3nc4cc(C(=O)O)ccc4n3[nH]2)cc1OC. The van der Waals surface area contributed by atoms with Crippen LogP contribution < -0.4 is 14.8 Å². The van der Waals surface area contributed by atoms with Gasteiger partial charge in [-0.1, -0.05) is 0 Å². The molecule has 4 rings (SSSR count). The Morgan fingerprint density at radius 3 is 2.65 bits per heavy atom. The summed E-state index contributed by atoms with van der Waals surface area (Å²) in [5.74, 6) is 1.16. The van der Waals surface area contributed by atoms with E-state index in [0.29, 0.717) is 28.7 Å². The molecule has 2 aromatic carbocycles. The number of hydrogen-bond donors (Lipinski definition) is 3. The van der Waals surface area contributed by atoms with E-state index in [1.165, 1.54) is 12.1 Å².